The number of rotatable bonds is 4. The van der Waals surface area contributed by atoms with Crippen LogP contribution in [0.2, 0.25) is 0 Å². The minimum absolute atomic E-state index is 0.256. The van der Waals surface area contributed by atoms with Gasteiger partial charge in [0.25, 0.3) is 0 Å². The third kappa shape index (κ3) is 5.61. The summed E-state index contributed by atoms with van der Waals surface area (Å²) in [5, 5.41) is 0. The lowest BCUT2D eigenvalue weighted by molar-refractivity contribution is -0.131. The molecule has 2 saturated heterocycles. The van der Waals surface area contributed by atoms with Crippen molar-refractivity contribution < 1.29 is 4.79 Å². The Hall–Kier alpha value is -0.570. The summed E-state index contributed by atoms with van der Waals surface area (Å²) in [5.41, 5.74) is 0.563. The van der Waals surface area contributed by atoms with Crippen LogP contribution >= 0.6 is 0 Å². The molecule has 2 fully saturated rings. The fourth-order valence-electron chi connectivity index (χ4n) is 3.63. The molecule has 124 valence electrons. The first-order valence-electron chi connectivity index (χ1n) is 9.13. The second-order valence-corrected chi connectivity index (χ2v) is 6.55. The van der Waals surface area contributed by atoms with Crippen LogP contribution in [0.5, 0.6) is 0 Å². The molecular formula is C18H36N2O. The Morgan fingerprint density at radius 3 is 1.95 bits per heavy atom. The summed E-state index contributed by atoms with van der Waals surface area (Å²) in [5.74, 6) is 0.256. The van der Waals surface area contributed by atoms with Crippen molar-refractivity contribution in [2.75, 3.05) is 32.7 Å². The van der Waals surface area contributed by atoms with Gasteiger partial charge in [-0.1, -0.05) is 33.6 Å². The van der Waals surface area contributed by atoms with Crippen LogP contribution in [-0.2, 0) is 4.79 Å². The van der Waals surface area contributed by atoms with Crippen molar-refractivity contribution in [3.63, 3.8) is 0 Å². The zero-order valence-corrected chi connectivity index (χ0v) is 14.8. The smallest absolute Gasteiger partial charge is 0.219 e. The molecule has 2 rings (SSSR count). The molecular weight excluding hydrogens is 260 g/mol. The number of carbonyl (C=O) groups excluding carboxylic acids is 1. The Labute approximate surface area is 132 Å². The number of nitrogens with zero attached hydrogens (tertiary/aromatic N) is 2. The van der Waals surface area contributed by atoms with E-state index >= 15 is 0 Å². The van der Waals surface area contributed by atoms with Crippen LogP contribution in [0.3, 0.4) is 0 Å². The topological polar surface area (TPSA) is 23.6 Å². The first kappa shape index (κ1) is 18.5. The van der Waals surface area contributed by atoms with E-state index in [1.54, 1.807) is 6.92 Å². The summed E-state index contributed by atoms with van der Waals surface area (Å²) in [6.07, 6.45) is 9.22. The average Bonchev–Trinajstić information content (AvgIpc) is 2.52. The first-order chi connectivity index (χ1) is 10.2. The third-order valence-electron chi connectivity index (χ3n) is 5.26. The van der Waals surface area contributed by atoms with E-state index in [1.807, 2.05) is 18.7 Å². The Bertz CT molecular complexity index is 286. The van der Waals surface area contributed by atoms with E-state index in [-0.39, 0.29) is 5.91 Å². The maximum absolute atomic E-state index is 11.4. The third-order valence-corrected chi connectivity index (χ3v) is 5.26. The summed E-state index contributed by atoms with van der Waals surface area (Å²) >= 11 is 0. The van der Waals surface area contributed by atoms with Crippen molar-refractivity contribution >= 4 is 5.91 Å². The lowest BCUT2D eigenvalue weighted by atomic mass is 9.71. The fourth-order valence-corrected chi connectivity index (χ4v) is 3.63. The van der Waals surface area contributed by atoms with Crippen LogP contribution in [0.4, 0.5) is 0 Å². The van der Waals surface area contributed by atoms with Crippen molar-refractivity contribution in [1.82, 2.24) is 9.80 Å². The van der Waals surface area contributed by atoms with Gasteiger partial charge in [-0.3, -0.25) is 4.79 Å². The predicted molar refractivity (Wildman–Crippen MR) is 90.5 cm³/mol. The fraction of sp³-hybridized carbons (Fsp3) is 0.944. The molecule has 0 aromatic rings. The first-order valence-corrected chi connectivity index (χ1v) is 9.13. The van der Waals surface area contributed by atoms with Crippen molar-refractivity contribution in [3.8, 4) is 0 Å². The second-order valence-electron chi connectivity index (χ2n) is 6.55. The van der Waals surface area contributed by atoms with E-state index in [0.29, 0.717) is 5.41 Å². The van der Waals surface area contributed by atoms with Gasteiger partial charge < -0.3 is 9.80 Å². The number of carbonyl (C=O) groups is 1. The van der Waals surface area contributed by atoms with Gasteiger partial charge >= 0.3 is 0 Å². The van der Waals surface area contributed by atoms with Crippen LogP contribution in [0, 0.1) is 5.41 Å². The van der Waals surface area contributed by atoms with Gasteiger partial charge in [-0.2, -0.15) is 0 Å². The number of likely N-dealkylation sites (tertiary alicyclic amines) is 2. The molecule has 0 saturated carbocycles. The van der Waals surface area contributed by atoms with Gasteiger partial charge in [0.2, 0.25) is 5.91 Å². The van der Waals surface area contributed by atoms with Crippen LogP contribution in [-0.4, -0.2) is 48.4 Å². The molecule has 0 atom stereocenters. The van der Waals surface area contributed by atoms with E-state index in [4.69, 9.17) is 0 Å². The van der Waals surface area contributed by atoms with Crippen molar-refractivity contribution in [2.45, 2.75) is 72.6 Å². The van der Waals surface area contributed by atoms with E-state index < -0.39 is 0 Å². The predicted octanol–water partition coefficient (Wildman–Crippen LogP) is 3.93. The standard InChI is InChI=1S/C16H30N2O.C2H6/c1-3-4-5-10-17-11-6-16(7-12-17)8-13-18(14-9-16)15(2)19;1-2/h3-14H2,1-2H3;1-2H3. The quantitative estimate of drug-likeness (QED) is 0.734. The molecule has 21 heavy (non-hydrogen) atoms. The average molecular weight is 296 g/mol. The van der Waals surface area contributed by atoms with E-state index in [9.17, 15) is 4.79 Å². The van der Waals surface area contributed by atoms with Crippen LogP contribution in [0.15, 0.2) is 0 Å². The van der Waals surface area contributed by atoms with Gasteiger partial charge in [-0.05, 0) is 57.2 Å². The summed E-state index contributed by atoms with van der Waals surface area (Å²) in [7, 11) is 0. The molecule has 2 aliphatic rings. The summed E-state index contributed by atoms with van der Waals surface area (Å²) in [6.45, 7) is 13.8. The van der Waals surface area contributed by atoms with Gasteiger partial charge in [-0.15, -0.1) is 0 Å². The van der Waals surface area contributed by atoms with Crippen molar-refractivity contribution in [1.29, 1.82) is 0 Å². The lowest BCUT2D eigenvalue weighted by Crippen LogP contribution is -2.47. The molecule has 0 radical (unpaired) electrons. The van der Waals surface area contributed by atoms with Crippen molar-refractivity contribution in [3.05, 3.63) is 0 Å². The molecule has 0 unspecified atom stereocenters. The highest BCUT2D eigenvalue weighted by Gasteiger charge is 2.37. The second kappa shape index (κ2) is 9.45. The minimum atomic E-state index is 0.256. The molecule has 3 nitrogen and oxygen atoms in total. The van der Waals surface area contributed by atoms with Crippen LogP contribution < -0.4 is 0 Å². The summed E-state index contributed by atoms with van der Waals surface area (Å²) < 4.78 is 0. The molecule has 3 heteroatoms. The Balaban J connectivity index is 0.00000106. The molecule has 0 aromatic carbocycles. The highest BCUT2D eigenvalue weighted by Crippen LogP contribution is 2.41. The molecule has 1 amide bonds. The molecule has 0 aliphatic carbocycles. The van der Waals surface area contributed by atoms with Gasteiger partial charge in [0.1, 0.15) is 0 Å². The van der Waals surface area contributed by atoms with Gasteiger partial charge in [0, 0.05) is 20.0 Å². The van der Waals surface area contributed by atoms with Gasteiger partial charge in [-0.25, -0.2) is 0 Å². The number of hydrogen-bond acceptors (Lipinski definition) is 2. The molecule has 2 heterocycles. The van der Waals surface area contributed by atoms with Crippen LogP contribution in [0.1, 0.15) is 72.6 Å². The largest absolute Gasteiger partial charge is 0.343 e. The Kier molecular flexibility index (Phi) is 8.31. The van der Waals surface area contributed by atoms with Crippen LogP contribution in [0.25, 0.3) is 0 Å². The number of unbranched alkanes of at least 4 members (excludes halogenated alkanes) is 2. The van der Waals surface area contributed by atoms with Gasteiger partial charge in [0.15, 0.2) is 0 Å². The monoisotopic (exact) mass is 296 g/mol. The number of hydrogen-bond donors (Lipinski definition) is 0. The van der Waals surface area contributed by atoms with E-state index in [0.717, 1.165) is 13.1 Å². The maximum Gasteiger partial charge on any atom is 0.219 e. The maximum atomic E-state index is 11.4. The van der Waals surface area contributed by atoms with E-state index in [1.165, 1.54) is 64.6 Å². The van der Waals surface area contributed by atoms with E-state index in [2.05, 4.69) is 11.8 Å². The zero-order chi connectivity index (χ0) is 15.7. The SMILES string of the molecule is CC.CCCCCN1CCC2(CC1)CCN(C(C)=O)CC2. The normalized spacial score (nSPS) is 21.8. The van der Waals surface area contributed by atoms with Crippen molar-refractivity contribution in [2.24, 2.45) is 5.41 Å². The molecule has 2 aliphatic heterocycles. The van der Waals surface area contributed by atoms with Gasteiger partial charge in [0.05, 0.1) is 0 Å². The minimum Gasteiger partial charge on any atom is -0.343 e. The number of piperidine rings is 2. The summed E-state index contributed by atoms with van der Waals surface area (Å²) in [6, 6.07) is 0. The zero-order valence-electron chi connectivity index (χ0n) is 14.8. The summed E-state index contributed by atoms with van der Waals surface area (Å²) in [4.78, 5) is 16.1. The number of amides is 1. The highest BCUT2D eigenvalue weighted by molar-refractivity contribution is 5.73. The lowest BCUT2D eigenvalue weighted by Gasteiger charge is -2.46. The molecule has 0 bridgehead atoms. The Morgan fingerprint density at radius 2 is 1.48 bits per heavy atom. The molecule has 0 aromatic heterocycles. The Morgan fingerprint density at radius 1 is 0.952 bits per heavy atom. The molecule has 0 N–H and O–H groups in total. The highest BCUT2D eigenvalue weighted by atomic mass is 16.2. The molecule has 1 spiro atoms.